The Labute approximate surface area is 126 Å². The summed E-state index contributed by atoms with van der Waals surface area (Å²) in [5, 5.41) is 9.92. The van der Waals surface area contributed by atoms with Crippen LogP contribution in [0.4, 0.5) is 0 Å². The van der Waals surface area contributed by atoms with Crippen LogP contribution in [-0.2, 0) is 4.79 Å². The molecule has 4 heteroatoms. The Balaban J connectivity index is 2.06. The van der Waals surface area contributed by atoms with Gasteiger partial charge >= 0.3 is 0 Å². The zero-order chi connectivity index (χ0) is 15.5. The van der Waals surface area contributed by atoms with Gasteiger partial charge in [0.15, 0.2) is 0 Å². The fourth-order valence-corrected chi connectivity index (χ4v) is 2.81. The molecule has 1 aromatic carbocycles. The van der Waals surface area contributed by atoms with E-state index in [0.717, 1.165) is 17.7 Å². The number of fused-ring (bicyclic) bond motifs is 1. The van der Waals surface area contributed by atoms with Crippen molar-refractivity contribution in [2.24, 2.45) is 0 Å². The van der Waals surface area contributed by atoms with Crippen molar-refractivity contribution >= 4 is 5.91 Å². The van der Waals surface area contributed by atoms with E-state index in [1.165, 1.54) is 0 Å². The van der Waals surface area contributed by atoms with Crippen molar-refractivity contribution in [2.45, 2.75) is 45.1 Å². The molecule has 1 aromatic rings. The summed E-state index contributed by atoms with van der Waals surface area (Å²) in [7, 11) is 0. The fraction of sp³-hybridized carbons (Fsp3) is 0.588. The third-order valence-corrected chi connectivity index (χ3v) is 3.82. The maximum absolute atomic E-state index is 12.5. The second kappa shape index (κ2) is 6.48. The molecule has 0 saturated carbocycles. The average molecular weight is 291 g/mol. The van der Waals surface area contributed by atoms with E-state index in [4.69, 9.17) is 4.74 Å². The molecule has 2 rings (SSSR count). The van der Waals surface area contributed by atoms with E-state index in [1.807, 2.05) is 31.2 Å². The van der Waals surface area contributed by atoms with Gasteiger partial charge in [0.2, 0.25) is 5.91 Å². The van der Waals surface area contributed by atoms with E-state index < -0.39 is 5.60 Å². The van der Waals surface area contributed by atoms with Gasteiger partial charge in [-0.15, -0.1) is 0 Å². The van der Waals surface area contributed by atoms with Crippen molar-refractivity contribution < 1.29 is 14.6 Å². The topological polar surface area (TPSA) is 49.8 Å². The highest BCUT2D eigenvalue weighted by molar-refractivity contribution is 5.77. The molecule has 1 unspecified atom stereocenters. The molecular weight excluding hydrogens is 266 g/mol. The molecule has 116 valence electrons. The maximum atomic E-state index is 12.5. The van der Waals surface area contributed by atoms with Crippen LogP contribution >= 0.6 is 0 Å². The number of amides is 1. The molecule has 1 aliphatic heterocycles. The van der Waals surface area contributed by atoms with E-state index in [9.17, 15) is 9.90 Å². The van der Waals surface area contributed by atoms with E-state index in [1.54, 1.807) is 18.7 Å². The van der Waals surface area contributed by atoms with Gasteiger partial charge in [-0.05, 0) is 44.7 Å². The Hall–Kier alpha value is -1.55. The van der Waals surface area contributed by atoms with Crippen LogP contribution in [0.2, 0.25) is 0 Å². The Bertz CT molecular complexity index is 493. The summed E-state index contributed by atoms with van der Waals surface area (Å²) in [6.07, 6.45) is 1.34. The van der Waals surface area contributed by atoms with Crippen LogP contribution in [0.1, 0.15) is 45.1 Å². The molecule has 0 fully saturated rings. The molecule has 1 N–H and O–H groups in total. The van der Waals surface area contributed by atoms with Gasteiger partial charge in [0.25, 0.3) is 0 Å². The minimum atomic E-state index is -0.862. The molecule has 1 atom stereocenters. The first-order valence-corrected chi connectivity index (χ1v) is 7.62. The SMILES string of the molecule is CCN(CC(C)(C)O)C(=O)CC1CCOc2ccccc21. The van der Waals surface area contributed by atoms with Gasteiger partial charge in [0.1, 0.15) is 5.75 Å². The number of ether oxygens (including phenoxy) is 1. The van der Waals surface area contributed by atoms with Crippen molar-refractivity contribution in [3.63, 3.8) is 0 Å². The Kier molecular flexibility index (Phi) is 4.88. The van der Waals surface area contributed by atoms with Crippen molar-refractivity contribution in [3.05, 3.63) is 29.8 Å². The van der Waals surface area contributed by atoms with Crippen LogP contribution in [0.5, 0.6) is 5.75 Å². The molecular formula is C17H25NO3. The molecule has 0 radical (unpaired) electrons. The normalized spacial score (nSPS) is 17.8. The molecule has 0 saturated heterocycles. The van der Waals surface area contributed by atoms with Crippen LogP contribution in [0, 0.1) is 0 Å². The Morgan fingerprint density at radius 3 is 2.81 bits per heavy atom. The summed E-state index contributed by atoms with van der Waals surface area (Å²) < 4.78 is 5.64. The number of hydrogen-bond donors (Lipinski definition) is 1. The number of aliphatic hydroxyl groups is 1. The minimum Gasteiger partial charge on any atom is -0.493 e. The first kappa shape index (κ1) is 15.8. The molecule has 1 aliphatic rings. The summed E-state index contributed by atoms with van der Waals surface area (Å²) >= 11 is 0. The van der Waals surface area contributed by atoms with Crippen molar-refractivity contribution in [2.75, 3.05) is 19.7 Å². The first-order valence-electron chi connectivity index (χ1n) is 7.62. The average Bonchev–Trinajstić information content (AvgIpc) is 2.44. The van der Waals surface area contributed by atoms with Crippen LogP contribution in [0.3, 0.4) is 0 Å². The number of carbonyl (C=O) groups is 1. The number of hydrogen-bond acceptors (Lipinski definition) is 3. The lowest BCUT2D eigenvalue weighted by molar-refractivity contribution is -0.134. The Morgan fingerprint density at radius 1 is 1.43 bits per heavy atom. The summed E-state index contributed by atoms with van der Waals surface area (Å²) in [6.45, 7) is 7.05. The maximum Gasteiger partial charge on any atom is 0.223 e. The number of rotatable bonds is 5. The number of benzene rings is 1. The third kappa shape index (κ3) is 4.21. The van der Waals surface area contributed by atoms with E-state index in [-0.39, 0.29) is 11.8 Å². The quantitative estimate of drug-likeness (QED) is 0.907. The van der Waals surface area contributed by atoms with E-state index >= 15 is 0 Å². The minimum absolute atomic E-state index is 0.0985. The van der Waals surface area contributed by atoms with Crippen LogP contribution < -0.4 is 4.74 Å². The predicted molar refractivity (Wildman–Crippen MR) is 82.5 cm³/mol. The lowest BCUT2D eigenvalue weighted by atomic mass is 9.89. The van der Waals surface area contributed by atoms with Crippen molar-refractivity contribution in [3.8, 4) is 5.75 Å². The number of likely N-dealkylation sites (N-methyl/N-ethyl adjacent to an activating group) is 1. The molecule has 1 heterocycles. The number of carbonyl (C=O) groups excluding carboxylic acids is 1. The van der Waals surface area contributed by atoms with Gasteiger partial charge in [0, 0.05) is 19.5 Å². The lowest BCUT2D eigenvalue weighted by Crippen LogP contribution is -2.42. The zero-order valence-electron chi connectivity index (χ0n) is 13.1. The van der Waals surface area contributed by atoms with Crippen LogP contribution in [0.15, 0.2) is 24.3 Å². The number of para-hydroxylation sites is 1. The van der Waals surface area contributed by atoms with Gasteiger partial charge in [-0.2, -0.15) is 0 Å². The summed E-state index contributed by atoms with van der Waals surface area (Å²) in [5.41, 5.74) is 0.260. The first-order chi connectivity index (χ1) is 9.90. The second-order valence-electron chi connectivity index (χ2n) is 6.30. The van der Waals surface area contributed by atoms with Gasteiger partial charge in [0.05, 0.1) is 12.2 Å². The zero-order valence-corrected chi connectivity index (χ0v) is 13.1. The molecule has 4 nitrogen and oxygen atoms in total. The van der Waals surface area contributed by atoms with Crippen molar-refractivity contribution in [1.82, 2.24) is 4.90 Å². The highest BCUT2D eigenvalue weighted by atomic mass is 16.5. The van der Waals surface area contributed by atoms with Crippen LogP contribution in [0.25, 0.3) is 0 Å². The molecule has 0 spiro atoms. The van der Waals surface area contributed by atoms with Crippen molar-refractivity contribution in [1.29, 1.82) is 0 Å². The van der Waals surface area contributed by atoms with Gasteiger partial charge in [-0.25, -0.2) is 0 Å². The second-order valence-corrected chi connectivity index (χ2v) is 6.30. The summed E-state index contributed by atoms with van der Waals surface area (Å²) in [5.74, 6) is 1.20. The molecule has 21 heavy (non-hydrogen) atoms. The summed E-state index contributed by atoms with van der Waals surface area (Å²) in [6, 6.07) is 7.94. The van der Waals surface area contributed by atoms with E-state index in [0.29, 0.717) is 26.1 Å². The van der Waals surface area contributed by atoms with Crippen LogP contribution in [-0.4, -0.2) is 41.2 Å². The molecule has 0 bridgehead atoms. The van der Waals surface area contributed by atoms with Gasteiger partial charge in [-0.3, -0.25) is 4.79 Å². The van der Waals surface area contributed by atoms with E-state index in [2.05, 4.69) is 0 Å². The smallest absolute Gasteiger partial charge is 0.223 e. The predicted octanol–water partition coefficient (Wildman–Crippen LogP) is 2.56. The highest BCUT2D eigenvalue weighted by Gasteiger charge is 2.27. The summed E-state index contributed by atoms with van der Waals surface area (Å²) in [4.78, 5) is 14.2. The largest absolute Gasteiger partial charge is 0.493 e. The van der Waals surface area contributed by atoms with Gasteiger partial charge in [-0.1, -0.05) is 18.2 Å². The number of nitrogens with zero attached hydrogens (tertiary/aromatic N) is 1. The molecule has 1 amide bonds. The molecule has 0 aliphatic carbocycles. The Morgan fingerprint density at radius 2 is 2.14 bits per heavy atom. The third-order valence-electron chi connectivity index (χ3n) is 3.82. The lowest BCUT2D eigenvalue weighted by Gasteiger charge is -2.31. The monoisotopic (exact) mass is 291 g/mol. The standard InChI is InChI=1S/C17H25NO3/c1-4-18(12-17(2,3)20)16(19)11-13-9-10-21-15-8-6-5-7-14(13)15/h5-8,13,20H,4,9-12H2,1-3H3. The highest BCUT2D eigenvalue weighted by Crippen LogP contribution is 2.35. The molecule has 0 aromatic heterocycles. The van der Waals surface area contributed by atoms with Gasteiger partial charge < -0.3 is 14.7 Å². The fourth-order valence-electron chi connectivity index (χ4n) is 2.81.